The number of rotatable bonds is 11. The Bertz CT molecular complexity index is 1440. The van der Waals surface area contributed by atoms with Crippen LogP contribution in [0.15, 0.2) is 71.6 Å². The van der Waals surface area contributed by atoms with Crippen molar-refractivity contribution in [2.75, 3.05) is 10.8 Å². The molecule has 0 bridgehead atoms. The van der Waals surface area contributed by atoms with Crippen LogP contribution in [-0.2, 0) is 26.2 Å². The highest BCUT2D eigenvalue weighted by atomic mass is 35.5. The minimum absolute atomic E-state index is 0.0365. The maximum Gasteiger partial charge on any atom is 0.264 e. The number of benzene rings is 3. The molecule has 0 aliphatic carbocycles. The Kier molecular flexibility index (Phi) is 10.6. The number of nitrogens with zero attached hydrogens (tertiary/aromatic N) is 2. The van der Waals surface area contributed by atoms with Crippen LogP contribution in [0.25, 0.3) is 0 Å². The second-order valence-corrected chi connectivity index (χ2v) is 12.6. The molecule has 0 aliphatic rings. The third-order valence-electron chi connectivity index (χ3n) is 6.77. The lowest BCUT2D eigenvalue weighted by Crippen LogP contribution is -2.52. The normalized spacial score (nSPS) is 12.9. The van der Waals surface area contributed by atoms with Gasteiger partial charge in [-0.1, -0.05) is 66.0 Å². The average Bonchev–Trinajstić information content (AvgIpc) is 2.92. The summed E-state index contributed by atoms with van der Waals surface area (Å²) < 4.78 is 28.8. The number of anilines is 1. The van der Waals surface area contributed by atoms with Gasteiger partial charge in [0.05, 0.1) is 10.6 Å². The number of hydrogen-bond acceptors (Lipinski definition) is 4. The van der Waals surface area contributed by atoms with Gasteiger partial charge in [0.25, 0.3) is 10.0 Å². The van der Waals surface area contributed by atoms with Crippen LogP contribution in [0.4, 0.5) is 5.69 Å². The van der Waals surface area contributed by atoms with Crippen LogP contribution < -0.4 is 9.62 Å². The molecule has 0 saturated heterocycles. The third-order valence-corrected chi connectivity index (χ3v) is 9.21. The Morgan fingerprint density at radius 3 is 2.12 bits per heavy atom. The maximum absolute atomic E-state index is 14.0. The average molecular weight is 605 g/mol. The fourth-order valence-electron chi connectivity index (χ4n) is 3.94. The predicted octanol–water partition coefficient (Wildman–Crippen LogP) is 6.14. The molecule has 0 spiro atoms. The summed E-state index contributed by atoms with van der Waals surface area (Å²) in [6.07, 6.45) is 0.723. The zero-order valence-electron chi connectivity index (χ0n) is 23.3. The van der Waals surface area contributed by atoms with Gasteiger partial charge in [-0.05, 0) is 81.6 Å². The van der Waals surface area contributed by atoms with Gasteiger partial charge in [0.1, 0.15) is 12.6 Å². The largest absolute Gasteiger partial charge is 0.352 e. The monoisotopic (exact) mass is 603 g/mol. The number of carbonyl (C=O) groups excluding carboxylic acids is 2. The van der Waals surface area contributed by atoms with Crippen molar-refractivity contribution in [1.29, 1.82) is 0 Å². The van der Waals surface area contributed by atoms with Crippen molar-refractivity contribution < 1.29 is 18.0 Å². The molecule has 2 amide bonds. The molecule has 1 N–H and O–H groups in total. The lowest BCUT2D eigenvalue weighted by molar-refractivity contribution is -0.139. The number of amides is 2. The summed E-state index contributed by atoms with van der Waals surface area (Å²) in [7, 11) is -4.17. The van der Waals surface area contributed by atoms with Crippen LogP contribution in [-0.4, -0.2) is 43.8 Å². The van der Waals surface area contributed by atoms with Crippen molar-refractivity contribution in [3.8, 4) is 0 Å². The summed E-state index contributed by atoms with van der Waals surface area (Å²) in [5.74, 6) is -0.878. The molecule has 3 aromatic carbocycles. The van der Waals surface area contributed by atoms with E-state index < -0.39 is 28.5 Å². The molecular formula is C30H35Cl2N3O4S. The Morgan fingerprint density at radius 2 is 1.55 bits per heavy atom. The molecular weight excluding hydrogens is 569 g/mol. The lowest BCUT2D eigenvalue weighted by Gasteiger charge is -2.32. The first-order valence-corrected chi connectivity index (χ1v) is 15.2. The number of aryl methyl sites for hydroxylation is 2. The molecule has 2 atom stereocenters. The van der Waals surface area contributed by atoms with Crippen LogP contribution in [0, 0.1) is 13.8 Å². The molecule has 10 heteroatoms. The van der Waals surface area contributed by atoms with Crippen LogP contribution >= 0.6 is 23.2 Å². The Balaban J connectivity index is 2.04. The maximum atomic E-state index is 14.0. The molecule has 0 unspecified atom stereocenters. The molecule has 40 heavy (non-hydrogen) atoms. The zero-order valence-corrected chi connectivity index (χ0v) is 25.6. The van der Waals surface area contributed by atoms with E-state index >= 15 is 0 Å². The van der Waals surface area contributed by atoms with E-state index in [0.29, 0.717) is 10.0 Å². The van der Waals surface area contributed by atoms with Gasteiger partial charge in [-0.15, -0.1) is 0 Å². The number of halogens is 2. The zero-order chi connectivity index (χ0) is 29.6. The highest BCUT2D eigenvalue weighted by Crippen LogP contribution is 2.29. The van der Waals surface area contributed by atoms with Crippen molar-refractivity contribution in [2.45, 2.75) is 64.6 Å². The van der Waals surface area contributed by atoms with E-state index in [1.807, 2.05) is 27.7 Å². The second-order valence-electron chi connectivity index (χ2n) is 9.90. The molecule has 0 radical (unpaired) electrons. The lowest BCUT2D eigenvalue weighted by atomic mass is 10.1. The van der Waals surface area contributed by atoms with E-state index in [4.69, 9.17) is 23.2 Å². The Morgan fingerprint density at radius 1 is 0.925 bits per heavy atom. The summed E-state index contributed by atoms with van der Waals surface area (Å²) in [4.78, 5) is 28.5. The van der Waals surface area contributed by atoms with E-state index in [9.17, 15) is 18.0 Å². The van der Waals surface area contributed by atoms with Crippen LogP contribution in [0.3, 0.4) is 0 Å². The van der Waals surface area contributed by atoms with Crippen molar-refractivity contribution in [3.05, 3.63) is 93.5 Å². The Labute approximate surface area is 247 Å². The quantitative estimate of drug-likeness (QED) is 0.285. The molecule has 0 fully saturated rings. The highest BCUT2D eigenvalue weighted by Gasteiger charge is 2.33. The van der Waals surface area contributed by atoms with E-state index in [-0.39, 0.29) is 29.1 Å². The van der Waals surface area contributed by atoms with E-state index in [2.05, 4.69) is 5.32 Å². The van der Waals surface area contributed by atoms with Gasteiger partial charge >= 0.3 is 0 Å². The second kappa shape index (κ2) is 13.5. The van der Waals surface area contributed by atoms with Crippen molar-refractivity contribution >= 4 is 50.7 Å². The first-order valence-electron chi connectivity index (χ1n) is 13.0. The number of carbonyl (C=O) groups is 2. The molecule has 0 heterocycles. The predicted molar refractivity (Wildman–Crippen MR) is 161 cm³/mol. The van der Waals surface area contributed by atoms with Gasteiger partial charge in [0.15, 0.2) is 0 Å². The van der Waals surface area contributed by atoms with Crippen LogP contribution in [0.2, 0.25) is 10.0 Å². The van der Waals surface area contributed by atoms with Gasteiger partial charge in [0.2, 0.25) is 11.8 Å². The smallest absolute Gasteiger partial charge is 0.264 e. The minimum atomic E-state index is -4.17. The summed E-state index contributed by atoms with van der Waals surface area (Å²) in [5, 5.41) is 3.82. The third kappa shape index (κ3) is 7.77. The molecule has 0 saturated carbocycles. The SMILES string of the molecule is CC[C@@H](C)NC(=O)[C@@H](C)N(Cc1ccc(Cl)cc1)C(=O)CN(c1ccc(C)c(Cl)c1)S(=O)(=O)c1ccc(C)cc1. The van der Waals surface area contributed by atoms with Crippen molar-refractivity contribution in [1.82, 2.24) is 10.2 Å². The molecule has 0 aliphatic heterocycles. The first-order chi connectivity index (χ1) is 18.8. The van der Waals surface area contributed by atoms with E-state index in [1.54, 1.807) is 55.5 Å². The molecule has 3 rings (SSSR count). The topological polar surface area (TPSA) is 86.8 Å². The summed E-state index contributed by atoms with van der Waals surface area (Å²) in [6, 6.07) is 17.2. The summed E-state index contributed by atoms with van der Waals surface area (Å²) in [5.41, 5.74) is 2.65. The standard InChI is InChI=1S/C30H35Cl2N3O4S/c1-6-22(4)33-30(37)23(5)34(18-24-10-12-25(31)13-11-24)29(36)19-35(26-14-9-21(3)28(32)17-26)40(38,39)27-15-7-20(2)8-16-27/h7-17,22-23H,6,18-19H2,1-5H3,(H,33,37)/t22-,23-/m1/s1. The highest BCUT2D eigenvalue weighted by molar-refractivity contribution is 7.92. The summed E-state index contributed by atoms with van der Waals surface area (Å²) >= 11 is 12.4. The molecule has 3 aromatic rings. The van der Waals surface area contributed by atoms with Crippen molar-refractivity contribution in [2.24, 2.45) is 0 Å². The number of sulfonamides is 1. The van der Waals surface area contributed by atoms with E-state index in [0.717, 1.165) is 27.4 Å². The Hall–Kier alpha value is -3.07. The molecule has 214 valence electrons. The van der Waals surface area contributed by atoms with Gasteiger partial charge in [-0.3, -0.25) is 13.9 Å². The van der Waals surface area contributed by atoms with Crippen LogP contribution in [0.1, 0.15) is 43.9 Å². The van der Waals surface area contributed by atoms with Crippen molar-refractivity contribution in [3.63, 3.8) is 0 Å². The fourth-order valence-corrected chi connectivity index (χ4v) is 5.64. The first kappa shape index (κ1) is 31.5. The van der Waals surface area contributed by atoms with Gasteiger partial charge in [-0.2, -0.15) is 0 Å². The van der Waals surface area contributed by atoms with Gasteiger partial charge in [0, 0.05) is 22.6 Å². The fraction of sp³-hybridized carbons (Fsp3) is 0.333. The van der Waals surface area contributed by atoms with Gasteiger partial charge < -0.3 is 10.2 Å². The summed E-state index contributed by atoms with van der Waals surface area (Å²) in [6.45, 7) is 8.68. The van der Waals surface area contributed by atoms with Crippen LogP contribution in [0.5, 0.6) is 0 Å². The van der Waals surface area contributed by atoms with Gasteiger partial charge in [-0.25, -0.2) is 8.42 Å². The number of nitrogens with one attached hydrogen (secondary N) is 1. The van der Waals surface area contributed by atoms with E-state index in [1.165, 1.54) is 23.1 Å². The number of hydrogen-bond donors (Lipinski definition) is 1. The molecule has 7 nitrogen and oxygen atoms in total. The molecule has 0 aromatic heterocycles. The minimum Gasteiger partial charge on any atom is -0.352 e.